The van der Waals surface area contributed by atoms with E-state index in [1.807, 2.05) is 31.2 Å². The molecule has 0 spiro atoms. The van der Waals surface area contributed by atoms with Crippen LogP contribution in [0.5, 0.6) is 11.5 Å². The lowest BCUT2D eigenvalue weighted by atomic mass is 10.1. The standard InChI is InChI=1S/C22H26N2O4/c1-5-16-8-6-7-9-19(16)23-21(25)15-24(2)22(26)13-11-17-10-12-18(27-3)14-20(17)28-4/h6-14H,5,15H2,1-4H3,(H,23,25)/b13-11+. The van der Waals surface area contributed by atoms with E-state index in [4.69, 9.17) is 9.47 Å². The zero-order valence-corrected chi connectivity index (χ0v) is 16.7. The largest absolute Gasteiger partial charge is 0.497 e. The number of ether oxygens (including phenoxy) is 2. The van der Waals surface area contributed by atoms with E-state index in [0.29, 0.717) is 11.5 Å². The number of amides is 2. The lowest BCUT2D eigenvalue weighted by Gasteiger charge is -2.16. The number of aryl methyl sites for hydroxylation is 1. The molecule has 0 aliphatic rings. The molecule has 0 saturated heterocycles. The Morgan fingerprint density at radius 2 is 1.86 bits per heavy atom. The van der Waals surface area contributed by atoms with Crippen LogP contribution in [0.15, 0.2) is 48.5 Å². The van der Waals surface area contributed by atoms with E-state index in [1.54, 1.807) is 45.5 Å². The lowest BCUT2D eigenvalue weighted by molar-refractivity contribution is -0.129. The fraction of sp³-hybridized carbons (Fsp3) is 0.273. The molecule has 0 fully saturated rings. The molecule has 0 bridgehead atoms. The molecule has 0 saturated carbocycles. The summed E-state index contributed by atoms with van der Waals surface area (Å²) in [4.78, 5) is 26.0. The molecule has 2 amide bonds. The van der Waals surface area contributed by atoms with Crippen LogP contribution in [0.3, 0.4) is 0 Å². The number of hydrogen-bond acceptors (Lipinski definition) is 4. The first-order valence-corrected chi connectivity index (χ1v) is 9.01. The van der Waals surface area contributed by atoms with Gasteiger partial charge in [0.2, 0.25) is 11.8 Å². The minimum Gasteiger partial charge on any atom is -0.497 e. The van der Waals surface area contributed by atoms with Gasteiger partial charge in [0.1, 0.15) is 11.5 Å². The maximum Gasteiger partial charge on any atom is 0.246 e. The van der Waals surface area contributed by atoms with E-state index in [9.17, 15) is 9.59 Å². The van der Waals surface area contributed by atoms with E-state index < -0.39 is 0 Å². The number of carbonyl (C=O) groups is 2. The zero-order valence-electron chi connectivity index (χ0n) is 16.7. The summed E-state index contributed by atoms with van der Waals surface area (Å²) in [6.07, 6.45) is 3.89. The van der Waals surface area contributed by atoms with E-state index in [0.717, 1.165) is 23.2 Å². The first-order chi connectivity index (χ1) is 13.5. The van der Waals surface area contributed by atoms with Crippen molar-refractivity contribution in [3.8, 4) is 11.5 Å². The third-order valence-electron chi connectivity index (χ3n) is 4.28. The van der Waals surface area contributed by atoms with Gasteiger partial charge in [-0.1, -0.05) is 25.1 Å². The Morgan fingerprint density at radius 1 is 1.11 bits per heavy atom. The van der Waals surface area contributed by atoms with Crippen LogP contribution in [0.2, 0.25) is 0 Å². The van der Waals surface area contributed by atoms with Gasteiger partial charge in [0, 0.05) is 30.4 Å². The third-order valence-corrected chi connectivity index (χ3v) is 4.28. The number of rotatable bonds is 8. The molecule has 0 aromatic heterocycles. The molecule has 2 rings (SSSR count). The SMILES string of the molecule is CCc1ccccc1NC(=O)CN(C)C(=O)/C=C/c1ccc(OC)cc1OC. The van der Waals surface area contributed by atoms with Crippen LogP contribution >= 0.6 is 0 Å². The molecule has 2 aromatic rings. The second-order valence-corrected chi connectivity index (χ2v) is 6.19. The molecule has 148 valence electrons. The summed E-state index contributed by atoms with van der Waals surface area (Å²) >= 11 is 0. The zero-order chi connectivity index (χ0) is 20.5. The number of carbonyl (C=O) groups excluding carboxylic acids is 2. The number of hydrogen-bond donors (Lipinski definition) is 1. The highest BCUT2D eigenvalue weighted by molar-refractivity contribution is 5.98. The smallest absolute Gasteiger partial charge is 0.246 e. The Kier molecular flexibility index (Phi) is 7.63. The number of benzene rings is 2. The number of anilines is 1. The number of nitrogens with zero attached hydrogens (tertiary/aromatic N) is 1. The van der Waals surface area contributed by atoms with Gasteiger partial charge in [-0.25, -0.2) is 0 Å². The van der Waals surface area contributed by atoms with Crippen molar-refractivity contribution in [2.75, 3.05) is 33.1 Å². The molecule has 0 unspecified atom stereocenters. The average Bonchev–Trinajstić information content (AvgIpc) is 2.71. The highest BCUT2D eigenvalue weighted by Crippen LogP contribution is 2.25. The maximum atomic E-state index is 12.3. The van der Waals surface area contributed by atoms with Gasteiger partial charge in [0.15, 0.2) is 0 Å². The molecule has 0 radical (unpaired) electrons. The minimum absolute atomic E-state index is 0.0407. The molecule has 1 N–H and O–H groups in total. The van der Waals surface area contributed by atoms with Gasteiger partial charge in [-0.15, -0.1) is 0 Å². The summed E-state index contributed by atoms with van der Waals surface area (Å²) in [7, 11) is 4.72. The Bertz CT molecular complexity index is 861. The second-order valence-electron chi connectivity index (χ2n) is 6.19. The molecule has 6 heteroatoms. The quantitative estimate of drug-likeness (QED) is 0.711. The predicted molar refractivity (Wildman–Crippen MR) is 111 cm³/mol. The molecule has 2 aromatic carbocycles. The first kappa shape index (κ1) is 21.0. The van der Waals surface area contributed by atoms with Gasteiger partial charge >= 0.3 is 0 Å². The highest BCUT2D eigenvalue weighted by Gasteiger charge is 2.12. The fourth-order valence-electron chi connectivity index (χ4n) is 2.68. The van der Waals surface area contributed by atoms with Crippen LogP contribution in [0.25, 0.3) is 6.08 Å². The van der Waals surface area contributed by atoms with E-state index in [2.05, 4.69) is 5.32 Å². The first-order valence-electron chi connectivity index (χ1n) is 9.01. The average molecular weight is 382 g/mol. The van der Waals surface area contributed by atoms with Gasteiger partial charge < -0.3 is 19.7 Å². The van der Waals surface area contributed by atoms with Gasteiger partial charge in [0.05, 0.1) is 20.8 Å². The molecular formula is C22H26N2O4. The monoisotopic (exact) mass is 382 g/mol. The molecule has 0 aliphatic carbocycles. The van der Waals surface area contributed by atoms with Crippen molar-refractivity contribution in [1.29, 1.82) is 0 Å². The van der Waals surface area contributed by atoms with Crippen molar-refractivity contribution in [2.45, 2.75) is 13.3 Å². The topological polar surface area (TPSA) is 67.9 Å². The molecule has 0 heterocycles. The number of methoxy groups -OCH3 is 2. The minimum atomic E-state index is -0.281. The lowest BCUT2D eigenvalue weighted by Crippen LogP contribution is -2.34. The van der Waals surface area contributed by atoms with E-state index in [-0.39, 0.29) is 18.4 Å². The van der Waals surface area contributed by atoms with Crippen LogP contribution in [0.1, 0.15) is 18.1 Å². The molecule has 0 atom stereocenters. The summed E-state index contributed by atoms with van der Waals surface area (Å²) in [6, 6.07) is 13.0. The van der Waals surface area contributed by atoms with Crippen LogP contribution in [0, 0.1) is 0 Å². The normalized spacial score (nSPS) is 10.6. The second kappa shape index (κ2) is 10.2. The summed E-state index contributed by atoms with van der Waals surface area (Å²) in [5, 5.41) is 2.86. The van der Waals surface area contributed by atoms with Gasteiger partial charge in [-0.3, -0.25) is 9.59 Å². The number of nitrogens with one attached hydrogen (secondary N) is 1. The third kappa shape index (κ3) is 5.61. The molecule has 0 aliphatic heterocycles. The van der Waals surface area contributed by atoms with Crippen LogP contribution in [-0.2, 0) is 16.0 Å². The van der Waals surface area contributed by atoms with Crippen LogP contribution in [-0.4, -0.2) is 44.5 Å². The van der Waals surface area contributed by atoms with Crippen LogP contribution < -0.4 is 14.8 Å². The Hall–Kier alpha value is -3.28. The molecule has 28 heavy (non-hydrogen) atoms. The highest BCUT2D eigenvalue weighted by atomic mass is 16.5. The van der Waals surface area contributed by atoms with Crippen molar-refractivity contribution < 1.29 is 19.1 Å². The van der Waals surface area contributed by atoms with E-state index >= 15 is 0 Å². The fourth-order valence-corrected chi connectivity index (χ4v) is 2.68. The summed E-state index contributed by atoms with van der Waals surface area (Å²) in [5.41, 5.74) is 2.57. The van der Waals surface area contributed by atoms with Crippen molar-refractivity contribution in [1.82, 2.24) is 4.90 Å². The van der Waals surface area contributed by atoms with Gasteiger partial charge in [-0.05, 0) is 36.3 Å². The van der Waals surface area contributed by atoms with Gasteiger partial charge in [0.25, 0.3) is 0 Å². The molecule has 6 nitrogen and oxygen atoms in total. The number of para-hydroxylation sites is 1. The van der Waals surface area contributed by atoms with Crippen molar-refractivity contribution >= 4 is 23.6 Å². The number of likely N-dealkylation sites (N-methyl/N-ethyl adjacent to an activating group) is 1. The Balaban J connectivity index is 1.99. The molecular weight excluding hydrogens is 356 g/mol. The van der Waals surface area contributed by atoms with Crippen LogP contribution in [0.4, 0.5) is 5.69 Å². The van der Waals surface area contributed by atoms with Gasteiger partial charge in [-0.2, -0.15) is 0 Å². The Labute approximate surface area is 165 Å². The van der Waals surface area contributed by atoms with E-state index in [1.165, 1.54) is 11.0 Å². The van der Waals surface area contributed by atoms with Crippen molar-refractivity contribution in [3.05, 3.63) is 59.7 Å². The summed E-state index contributed by atoms with van der Waals surface area (Å²) in [6.45, 7) is 1.99. The Morgan fingerprint density at radius 3 is 2.54 bits per heavy atom. The summed E-state index contributed by atoms with van der Waals surface area (Å²) < 4.78 is 10.5. The summed E-state index contributed by atoms with van der Waals surface area (Å²) in [5.74, 6) is 0.741. The van der Waals surface area contributed by atoms with Crippen molar-refractivity contribution in [2.24, 2.45) is 0 Å². The predicted octanol–water partition coefficient (Wildman–Crippen LogP) is 3.38. The maximum absolute atomic E-state index is 12.3. The van der Waals surface area contributed by atoms with Crippen molar-refractivity contribution in [3.63, 3.8) is 0 Å².